The lowest BCUT2D eigenvalue weighted by Gasteiger charge is -2.13. The SMILES string of the molecule is CNC(C)CNC(=O)c1ccccc1CSc1nc2nc(C)cc(C)n2n1. The predicted octanol–water partition coefficient (Wildman–Crippen LogP) is 2.37. The fourth-order valence-electron chi connectivity index (χ4n) is 2.66. The van der Waals surface area contributed by atoms with Gasteiger partial charge in [0, 0.05) is 35.3 Å². The van der Waals surface area contributed by atoms with E-state index in [9.17, 15) is 4.79 Å². The Hall–Kier alpha value is -2.45. The molecular formula is C19H24N6OS. The van der Waals surface area contributed by atoms with Crippen LogP contribution in [0.2, 0.25) is 0 Å². The monoisotopic (exact) mass is 384 g/mol. The zero-order valence-corrected chi connectivity index (χ0v) is 16.8. The molecule has 0 bridgehead atoms. The van der Waals surface area contributed by atoms with Gasteiger partial charge in [-0.15, -0.1) is 5.10 Å². The van der Waals surface area contributed by atoms with Crippen LogP contribution < -0.4 is 10.6 Å². The van der Waals surface area contributed by atoms with Gasteiger partial charge in [0.1, 0.15) is 0 Å². The average molecular weight is 385 g/mol. The van der Waals surface area contributed by atoms with Crippen molar-refractivity contribution in [2.24, 2.45) is 0 Å². The molecule has 8 heteroatoms. The first kappa shape index (κ1) is 19.3. The van der Waals surface area contributed by atoms with E-state index in [0.717, 1.165) is 17.0 Å². The molecule has 0 spiro atoms. The molecule has 142 valence electrons. The maximum Gasteiger partial charge on any atom is 0.253 e. The summed E-state index contributed by atoms with van der Waals surface area (Å²) < 4.78 is 1.74. The first-order valence-electron chi connectivity index (χ1n) is 8.85. The predicted molar refractivity (Wildman–Crippen MR) is 107 cm³/mol. The average Bonchev–Trinajstić information content (AvgIpc) is 3.07. The summed E-state index contributed by atoms with van der Waals surface area (Å²) in [5.41, 5.74) is 3.55. The van der Waals surface area contributed by atoms with Crippen LogP contribution in [0.5, 0.6) is 0 Å². The topological polar surface area (TPSA) is 84.2 Å². The summed E-state index contributed by atoms with van der Waals surface area (Å²) in [4.78, 5) is 21.4. The number of hydrogen-bond acceptors (Lipinski definition) is 6. The Morgan fingerprint density at radius 3 is 2.81 bits per heavy atom. The summed E-state index contributed by atoms with van der Waals surface area (Å²) in [5, 5.41) is 11.2. The molecule has 1 aromatic carbocycles. The highest BCUT2D eigenvalue weighted by molar-refractivity contribution is 7.98. The Kier molecular flexibility index (Phi) is 6.08. The van der Waals surface area contributed by atoms with Crippen molar-refractivity contribution in [2.75, 3.05) is 13.6 Å². The Balaban J connectivity index is 1.73. The standard InChI is InChI=1S/C19H24N6OS/c1-12-9-14(3)25-18(22-12)23-19(24-25)27-11-15-7-5-6-8-16(15)17(26)21-10-13(2)20-4/h5-9,13,20H,10-11H2,1-4H3,(H,21,26). The van der Waals surface area contributed by atoms with Crippen LogP contribution in [0, 0.1) is 13.8 Å². The molecule has 7 nitrogen and oxygen atoms in total. The van der Waals surface area contributed by atoms with E-state index in [4.69, 9.17) is 0 Å². The van der Waals surface area contributed by atoms with Crippen molar-refractivity contribution in [3.8, 4) is 0 Å². The van der Waals surface area contributed by atoms with E-state index < -0.39 is 0 Å². The Morgan fingerprint density at radius 1 is 1.26 bits per heavy atom. The molecular weight excluding hydrogens is 360 g/mol. The first-order chi connectivity index (χ1) is 13.0. The van der Waals surface area contributed by atoms with Gasteiger partial charge in [-0.3, -0.25) is 4.79 Å². The minimum atomic E-state index is -0.0654. The summed E-state index contributed by atoms with van der Waals surface area (Å²) in [6.45, 7) is 6.53. The third kappa shape index (κ3) is 4.64. The summed E-state index contributed by atoms with van der Waals surface area (Å²) in [7, 11) is 1.88. The molecule has 27 heavy (non-hydrogen) atoms. The number of hydrogen-bond donors (Lipinski definition) is 2. The highest BCUT2D eigenvalue weighted by Crippen LogP contribution is 2.22. The number of aryl methyl sites for hydroxylation is 2. The second kappa shape index (κ2) is 8.49. The lowest BCUT2D eigenvalue weighted by Crippen LogP contribution is -2.37. The number of nitrogens with one attached hydrogen (secondary N) is 2. The van der Waals surface area contributed by atoms with E-state index in [1.165, 1.54) is 11.8 Å². The van der Waals surface area contributed by atoms with Gasteiger partial charge < -0.3 is 10.6 Å². The third-order valence-corrected chi connectivity index (χ3v) is 5.17. The molecule has 1 atom stereocenters. The summed E-state index contributed by atoms with van der Waals surface area (Å²) >= 11 is 1.50. The summed E-state index contributed by atoms with van der Waals surface area (Å²) in [6.07, 6.45) is 0. The maximum absolute atomic E-state index is 12.5. The molecule has 1 unspecified atom stereocenters. The molecule has 0 saturated carbocycles. The summed E-state index contributed by atoms with van der Waals surface area (Å²) in [6, 6.07) is 9.83. The smallest absolute Gasteiger partial charge is 0.253 e. The normalized spacial score (nSPS) is 12.3. The van der Waals surface area contributed by atoms with Gasteiger partial charge in [-0.05, 0) is 45.5 Å². The van der Waals surface area contributed by atoms with Crippen molar-refractivity contribution in [2.45, 2.75) is 37.7 Å². The lowest BCUT2D eigenvalue weighted by molar-refractivity contribution is 0.0950. The van der Waals surface area contributed by atoms with E-state index >= 15 is 0 Å². The van der Waals surface area contributed by atoms with Gasteiger partial charge in [-0.2, -0.15) is 4.98 Å². The van der Waals surface area contributed by atoms with Crippen molar-refractivity contribution >= 4 is 23.4 Å². The van der Waals surface area contributed by atoms with Crippen molar-refractivity contribution in [3.05, 3.63) is 52.8 Å². The fourth-order valence-corrected chi connectivity index (χ4v) is 3.48. The first-order valence-corrected chi connectivity index (χ1v) is 9.83. The van der Waals surface area contributed by atoms with Gasteiger partial charge in [0.25, 0.3) is 11.7 Å². The van der Waals surface area contributed by atoms with Crippen LogP contribution in [-0.2, 0) is 5.75 Å². The Labute approximate surface area is 163 Å². The van der Waals surface area contributed by atoms with Gasteiger partial charge in [0.15, 0.2) is 0 Å². The van der Waals surface area contributed by atoms with Gasteiger partial charge in [0.2, 0.25) is 5.16 Å². The van der Waals surface area contributed by atoms with Gasteiger partial charge in [-0.25, -0.2) is 9.50 Å². The van der Waals surface area contributed by atoms with Crippen LogP contribution in [0.3, 0.4) is 0 Å². The Bertz CT molecular complexity index is 955. The second-order valence-corrected chi connectivity index (χ2v) is 7.43. The maximum atomic E-state index is 12.5. The van der Waals surface area contributed by atoms with Gasteiger partial charge >= 0.3 is 0 Å². The molecule has 3 rings (SSSR count). The molecule has 2 heterocycles. The number of benzene rings is 1. The van der Waals surface area contributed by atoms with E-state index in [1.54, 1.807) is 4.52 Å². The molecule has 0 aliphatic carbocycles. The molecule has 0 fully saturated rings. The number of likely N-dealkylation sites (N-methyl/N-ethyl adjacent to an activating group) is 1. The molecule has 0 aliphatic heterocycles. The quantitative estimate of drug-likeness (QED) is 0.609. The number of nitrogens with zero attached hydrogens (tertiary/aromatic N) is 4. The van der Waals surface area contributed by atoms with Crippen molar-refractivity contribution < 1.29 is 4.79 Å². The molecule has 0 radical (unpaired) electrons. The van der Waals surface area contributed by atoms with Gasteiger partial charge in [-0.1, -0.05) is 30.0 Å². The third-order valence-electron chi connectivity index (χ3n) is 4.28. The van der Waals surface area contributed by atoms with Crippen LogP contribution in [-0.4, -0.2) is 45.1 Å². The molecule has 0 saturated heterocycles. The molecule has 0 aliphatic rings. The number of fused-ring (bicyclic) bond motifs is 1. The number of amides is 1. The highest BCUT2D eigenvalue weighted by atomic mass is 32.2. The number of rotatable bonds is 7. The summed E-state index contributed by atoms with van der Waals surface area (Å²) in [5.74, 6) is 1.14. The lowest BCUT2D eigenvalue weighted by atomic mass is 10.1. The van der Waals surface area contributed by atoms with Crippen molar-refractivity contribution in [1.29, 1.82) is 0 Å². The van der Waals surface area contributed by atoms with Crippen LogP contribution in [0.25, 0.3) is 5.78 Å². The fraction of sp³-hybridized carbons (Fsp3) is 0.368. The van der Waals surface area contributed by atoms with Crippen LogP contribution in [0.15, 0.2) is 35.5 Å². The van der Waals surface area contributed by atoms with Gasteiger partial charge in [0.05, 0.1) is 0 Å². The minimum Gasteiger partial charge on any atom is -0.350 e. The second-order valence-electron chi connectivity index (χ2n) is 6.49. The van der Waals surface area contributed by atoms with Crippen molar-refractivity contribution in [3.63, 3.8) is 0 Å². The molecule has 2 N–H and O–H groups in total. The van der Waals surface area contributed by atoms with E-state index in [2.05, 4.69) is 25.7 Å². The largest absolute Gasteiger partial charge is 0.350 e. The number of thioether (sulfide) groups is 1. The van der Waals surface area contributed by atoms with E-state index in [0.29, 0.717) is 28.8 Å². The zero-order valence-electron chi connectivity index (χ0n) is 16.0. The van der Waals surface area contributed by atoms with Crippen molar-refractivity contribution in [1.82, 2.24) is 30.2 Å². The van der Waals surface area contributed by atoms with Crippen LogP contribution in [0.1, 0.15) is 34.2 Å². The molecule has 3 aromatic rings. The molecule has 1 amide bonds. The number of aromatic nitrogens is 4. The highest BCUT2D eigenvalue weighted by Gasteiger charge is 2.14. The number of carbonyl (C=O) groups excluding carboxylic acids is 1. The van der Waals surface area contributed by atoms with E-state index in [-0.39, 0.29) is 11.9 Å². The minimum absolute atomic E-state index is 0.0654. The molecule has 2 aromatic heterocycles. The van der Waals surface area contributed by atoms with E-state index in [1.807, 2.05) is 58.2 Å². The Morgan fingerprint density at radius 2 is 2.04 bits per heavy atom. The zero-order chi connectivity index (χ0) is 19.4. The van der Waals surface area contributed by atoms with Crippen LogP contribution >= 0.6 is 11.8 Å². The number of carbonyl (C=O) groups is 1. The van der Waals surface area contributed by atoms with Crippen LogP contribution in [0.4, 0.5) is 0 Å².